The van der Waals surface area contributed by atoms with Gasteiger partial charge in [0.15, 0.2) is 28.8 Å². The maximum absolute atomic E-state index is 14.6. The number of methoxy groups -OCH3 is 4. The van der Waals surface area contributed by atoms with Crippen LogP contribution in [0, 0.1) is 5.82 Å². The van der Waals surface area contributed by atoms with Crippen LogP contribution in [0.5, 0.6) is 23.0 Å². The number of nitrogens with zero attached hydrogens (tertiary/aromatic N) is 1. The number of anilines is 1. The molecule has 0 saturated carbocycles. The molecule has 7 nitrogen and oxygen atoms in total. The largest absolute Gasteiger partial charge is 0.494 e. The van der Waals surface area contributed by atoms with Crippen LogP contribution in [0.15, 0.2) is 67.0 Å². The number of benzene rings is 3. The highest BCUT2D eigenvalue weighted by atomic mass is 19.1. The number of para-hydroxylation sites is 1. The Morgan fingerprint density at radius 3 is 2.24 bits per heavy atom. The van der Waals surface area contributed by atoms with Gasteiger partial charge in [0, 0.05) is 59.3 Å². The predicted octanol–water partition coefficient (Wildman–Crippen LogP) is 6.33. The second-order valence-electron chi connectivity index (χ2n) is 8.38. The minimum atomic E-state index is -0.515. The van der Waals surface area contributed by atoms with Gasteiger partial charge in [0.1, 0.15) is 0 Å². The fraction of sp³-hybridized carbons (Fsp3) is 0.167. The second-order valence-corrected chi connectivity index (χ2v) is 8.38. The van der Waals surface area contributed by atoms with Crippen LogP contribution < -0.4 is 24.3 Å². The number of ether oxygens (including phenoxy) is 4. The Bertz CT molecular complexity index is 1510. The van der Waals surface area contributed by atoms with Crippen LogP contribution in [0.3, 0.4) is 0 Å². The molecule has 1 aromatic heterocycles. The fourth-order valence-corrected chi connectivity index (χ4v) is 4.21. The molecule has 0 radical (unpaired) electrons. The van der Waals surface area contributed by atoms with E-state index in [4.69, 9.17) is 18.9 Å². The third kappa shape index (κ3) is 5.34. The van der Waals surface area contributed by atoms with E-state index in [0.29, 0.717) is 34.1 Å². The smallest absolute Gasteiger partial charge is 0.203 e. The number of nitrogens with one attached hydrogen (secondary N) is 1. The number of allylic oxidation sites excluding steroid dienone is 1. The van der Waals surface area contributed by atoms with Crippen LogP contribution in [0.1, 0.15) is 21.5 Å². The number of hydrogen-bond acceptors (Lipinski definition) is 6. The van der Waals surface area contributed by atoms with Gasteiger partial charge in [0.05, 0.1) is 28.4 Å². The molecule has 1 heterocycles. The highest BCUT2D eigenvalue weighted by Gasteiger charge is 2.14. The van der Waals surface area contributed by atoms with Crippen LogP contribution in [0.2, 0.25) is 0 Å². The van der Waals surface area contributed by atoms with Gasteiger partial charge in [0.2, 0.25) is 5.75 Å². The molecular formula is C30H29FN2O5. The molecule has 8 heteroatoms. The van der Waals surface area contributed by atoms with Crippen LogP contribution in [0.25, 0.3) is 23.1 Å². The predicted molar refractivity (Wildman–Crippen MR) is 148 cm³/mol. The summed E-state index contributed by atoms with van der Waals surface area (Å²) in [4.78, 5) is 12.9. The SMILES string of the molecule is COc1cc(N/C=C\C(=O)c2cn(C)c3ccccc23)c(/C=C\c2cc(OC)c(OC)c(OC)c2)cc1F. The van der Waals surface area contributed by atoms with E-state index in [0.717, 1.165) is 16.5 Å². The molecule has 0 unspecified atom stereocenters. The lowest BCUT2D eigenvalue weighted by atomic mass is 10.1. The Balaban J connectivity index is 1.63. The first kappa shape index (κ1) is 26.3. The molecule has 3 aromatic carbocycles. The zero-order chi connectivity index (χ0) is 27.2. The molecule has 0 fully saturated rings. The van der Waals surface area contributed by atoms with E-state index in [1.54, 1.807) is 24.3 Å². The molecule has 0 aliphatic rings. The van der Waals surface area contributed by atoms with Crippen molar-refractivity contribution >= 4 is 34.5 Å². The molecule has 1 N–H and O–H groups in total. The Morgan fingerprint density at radius 2 is 1.58 bits per heavy atom. The van der Waals surface area contributed by atoms with Gasteiger partial charge in [-0.1, -0.05) is 30.4 Å². The van der Waals surface area contributed by atoms with E-state index >= 15 is 0 Å². The number of aryl methyl sites for hydroxylation is 1. The van der Waals surface area contributed by atoms with Crippen molar-refractivity contribution in [2.24, 2.45) is 7.05 Å². The summed E-state index contributed by atoms with van der Waals surface area (Å²) in [5.41, 5.74) is 3.41. The first-order valence-corrected chi connectivity index (χ1v) is 11.8. The Labute approximate surface area is 220 Å². The maximum atomic E-state index is 14.6. The van der Waals surface area contributed by atoms with Gasteiger partial charge in [-0.3, -0.25) is 4.79 Å². The number of rotatable bonds is 10. The van der Waals surface area contributed by atoms with Crippen molar-refractivity contribution in [3.05, 3.63) is 89.5 Å². The Morgan fingerprint density at radius 1 is 0.895 bits per heavy atom. The van der Waals surface area contributed by atoms with E-state index in [1.807, 2.05) is 42.1 Å². The molecule has 196 valence electrons. The molecule has 38 heavy (non-hydrogen) atoms. The lowest BCUT2D eigenvalue weighted by molar-refractivity contribution is 0.104. The van der Waals surface area contributed by atoms with Crippen molar-refractivity contribution in [2.75, 3.05) is 33.8 Å². The second kappa shape index (κ2) is 11.6. The summed E-state index contributed by atoms with van der Waals surface area (Å²) >= 11 is 0. The van der Waals surface area contributed by atoms with E-state index in [-0.39, 0.29) is 11.5 Å². The number of carbonyl (C=O) groups excluding carboxylic acids is 1. The molecule has 0 bridgehead atoms. The average molecular weight is 517 g/mol. The fourth-order valence-electron chi connectivity index (χ4n) is 4.21. The molecule has 0 spiro atoms. The first-order valence-electron chi connectivity index (χ1n) is 11.8. The highest BCUT2D eigenvalue weighted by molar-refractivity contribution is 6.13. The number of hydrogen-bond donors (Lipinski definition) is 1. The normalized spacial score (nSPS) is 11.3. The minimum Gasteiger partial charge on any atom is -0.494 e. The maximum Gasteiger partial charge on any atom is 0.203 e. The third-order valence-electron chi connectivity index (χ3n) is 6.10. The summed E-state index contributed by atoms with van der Waals surface area (Å²) in [7, 11) is 7.91. The number of ketones is 1. The molecule has 0 atom stereocenters. The standard InChI is InChI=1S/C30H29FN2O5/c1-33-18-22(21-8-6-7-9-25(21)33)26(34)12-13-32-24-17-27(35-2)23(31)16-20(24)11-10-19-14-28(36-3)30(38-5)29(15-19)37-4/h6-18,32H,1-5H3/b11-10-,13-12-. The number of carbonyl (C=O) groups is 1. The van der Waals surface area contributed by atoms with Gasteiger partial charge < -0.3 is 28.8 Å². The van der Waals surface area contributed by atoms with Gasteiger partial charge in [-0.15, -0.1) is 0 Å². The lowest BCUT2D eigenvalue weighted by Crippen LogP contribution is -1.98. The van der Waals surface area contributed by atoms with Crippen molar-refractivity contribution < 1.29 is 28.1 Å². The summed E-state index contributed by atoms with van der Waals surface area (Å²) in [6, 6.07) is 14.2. The zero-order valence-electron chi connectivity index (χ0n) is 21.9. The molecule has 0 amide bonds. The van der Waals surface area contributed by atoms with Crippen molar-refractivity contribution in [2.45, 2.75) is 0 Å². The van der Waals surface area contributed by atoms with Gasteiger partial charge in [-0.25, -0.2) is 4.39 Å². The summed E-state index contributed by atoms with van der Waals surface area (Å²) in [5, 5.41) is 3.97. The van der Waals surface area contributed by atoms with Crippen molar-refractivity contribution in [3.8, 4) is 23.0 Å². The highest BCUT2D eigenvalue weighted by Crippen LogP contribution is 2.39. The summed E-state index contributed by atoms with van der Waals surface area (Å²) in [6.45, 7) is 0. The third-order valence-corrected chi connectivity index (χ3v) is 6.10. The average Bonchev–Trinajstić information content (AvgIpc) is 3.28. The van der Waals surface area contributed by atoms with Crippen LogP contribution in [-0.2, 0) is 7.05 Å². The lowest BCUT2D eigenvalue weighted by Gasteiger charge is -2.13. The van der Waals surface area contributed by atoms with Gasteiger partial charge in [-0.2, -0.15) is 0 Å². The zero-order valence-corrected chi connectivity index (χ0v) is 21.9. The van der Waals surface area contributed by atoms with Gasteiger partial charge in [-0.05, 0) is 29.8 Å². The molecule has 0 saturated heterocycles. The summed E-state index contributed by atoms with van der Waals surface area (Å²) < 4.78 is 37.9. The van der Waals surface area contributed by atoms with Crippen molar-refractivity contribution in [1.82, 2.24) is 4.57 Å². The minimum absolute atomic E-state index is 0.0752. The summed E-state index contributed by atoms with van der Waals surface area (Å²) in [6.07, 6.45) is 8.33. The van der Waals surface area contributed by atoms with Crippen LogP contribution >= 0.6 is 0 Å². The van der Waals surface area contributed by atoms with E-state index in [1.165, 1.54) is 52.8 Å². The molecule has 4 rings (SSSR count). The quantitative estimate of drug-likeness (QED) is 0.151. The summed E-state index contributed by atoms with van der Waals surface area (Å²) in [5.74, 6) is 0.884. The Hall–Kier alpha value is -4.72. The topological polar surface area (TPSA) is 71.0 Å². The number of halogens is 1. The molecule has 0 aliphatic heterocycles. The number of aromatic nitrogens is 1. The first-order chi connectivity index (χ1) is 18.4. The molecule has 4 aromatic rings. The van der Waals surface area contributed by atoms with E-state index in [2.05, 4.69) is 5.32 Å². The molecule has 0 aliphatic carbocycles. The van der Waals surface area contributed by atoms with Gasteiger partial charge in [0.25, 0.3) is 0 Å². The van der Waals surface area contributed by atoms with E-state index < -0.39 is 5.82 Å². The van der Waals surface area contributed by atoms with Crippen molar-refractivity contribution in [3.63, 3.8) is 0 Å². The van der Waals surface area contributed by atoms with Crippen LogP contribution in [-0.4, -0.2) is 38.8 Å². The van der Waals surface area contributed by atoms with Crippen molar-refractivity contribution in [1.29, 1.82) is 0 Å². The van der Waals surface area contributed by atoms with E-state index in [9.17, 15) is 9.18 Å². The Kier molecular flexibility index (Phi) is 8.01. The van der Waals surface area contributed by atoms with Crippen LogP contribution in [0.4, 0.5) is 10.1 Å². The number of fused-ring (bicyclic) bond motifs is 1. The van der Waals surface area contributed by atoms with Gasteiger partial charge >= 0.3 is 0 Å². The molecular weight excluding hydrogens is 487 g/mol. The monoisotopic (exact) mass is 516 g/mol.